The average Bonchev–Trinajstić information content (AvgIpc) is 2.29. The van der Waals surface area contributed by atoms with Gasteiger partial charge in [-0.15, -0.1) is 0 Å². The van der Waals surface area contributed by atoms with E-state index in [-0.39, 0.29) is 11.8 Å². The lowest BCUT2D eigenvalue weighted by atomic mass is 10.0. The fraction of sp³-hybridized carbons (Fsp3) is 0.462. The van der Waals surface area contributed by atoms with Gasteiger partial charge < -0.3 is 4.74 Å². The minimum absolute atomic E-state index is 0.247. The van der Waals surface area contributed by atoms with Crippen LogP contribution in [0.15, 0.2) is 18.2 Å². The summed E-state index contributed by atoms with van der Waals surface area (Å²) < 4.78 is 18.5. The van der Waals surface area contributed by atoms with Gasteiger partial charge in [0.2, 0.25) is 0 Å². The van der Waals surface area contributed by atoms with Crippen molar-refractivity contribution in [2.45, 2.75) is 19.4 Å². The van der Waals surface area contributed by atoms with Crippen LogP contribution in [0, 0.1) is 12.7 Å². The summed E-state index contributed by atoms with van der Waals surface area (Å²) in [6, 6.07) is 4.73. The molecule has 1 rings (SSSR count). The van der Waals surface area contributed by atoms with Gasteiger partial charge in [0, 0.05) is 6.42 Å². The maximum Gasteiger partial charge on any atom is 0.323 e. The lowest BCUT2D eigenvalue weighted by molar-refractivity contribution is -0.145. The van der Waals surface area contributed by atoms with Gasteiger partial charge in [0.1, 0.15) is 11.9 Å². The van der Waals surface area contributed by atoms with Gasteiger partial charge in [0.05, 0.1) is 7.11 Å². The van der Waals surface area contributed by atoms with Crippen molar-refractivity contribution in [3.63, 3.8) is 0 Å². The van der Waals surface area contributed by atoms with Gasteiger partial charge in [-0.3, -0.25) is 9.69 Å². The highest BCUT2D eigenvalue weighted by atomic mass is 19.1. The molecular weight excluding hydrogens is 221 g/mol. The van der Waals surface area contributed by atoms with Crippen molar-refractivity contribution in [1.29, 1.82) is 0 Å². The van der Waals surface area contributed by atoms with Gasteiger partial charge in [-0.25, -0.2) is 4.39 Å². The first-order valence-electron chi connectivity index (χ1n) is 5.45. The average molecular weight is 239 g/mol. The SMILES string of the molecule is COC(=O)C(Cc1cccc(C)c1F)N(C)C. The maximum atomic E-state index is 13.8. The van der Waals surface area contributed by atoms with Crippen LogP contribution in [0.5, 0.6) is 0 Å². The van der Waals surface area contributed by atoms with E-state index < -0.39 is 6.04 Å². The van der Waals surface area contributed by atoms with Crippen LogP contribution in [0.1, 0.15) is 11.1 Å². The summed E-state index contributed by atoms with van der Waals surface area (Å²) in [5, 5.41) is 0. The van der Waals surface area contributed by atoms with Crippen LogP contribution in [0.2, 0.25) is 0 Å². The molecule has 0 heterocycles. The van der Waals surface area contributed by atoms with E-state index in [1.165, 1.54) is 7.11 Å². The first-order chi connectivity index (χ1) is 7.97. The van der Waals surface area contributed by atoms with Crippen LogP contribution in [0.3, 0.4) is 0 Å². The van der Waals surface area contributed by atoms with Crippen LogP contribution in [0.25, 0.3) is 0 Å². The molecule has 0 aliphatic carbocycles. The van der Waals surface area contributed by atoms with Crippen molar-refractivity contribution >= 4 is 5.97 Å². The molecule has 17 heavy (non-hydrogen) atoms. The van der Waals surface area contributed by atoms with E-state index in [2.05, 4.69) is 0 Å². The smallest absolute Gasteiger partial charge is 0.323 e. The van der Waals surface area contributed by atoms with Crippen LogP contribution < -0.4 is 0 Å². The topological polar surface area (TPSA) is 29.5 Å². The number of ether oxygens (including phenoxy) is 1. The number of esters is 1. The Bertz CT molecular complexity index is 404. The number of carbonyl (C=O) groups excluding carboxylic acids is 1. The number of hydrogen-bond donors (Lipinski definition) is 0. The van der Waals surface area contributed by atoms with E-state index >= 15 is 0 Å². The second kappa shape index (κ2) is 5.77. The third-order valence-corrected chi connectivity index (χ3v) is 2.78. The largest absolute Gasteiger partial charge is 0.468 e. The monoisotopic (exact) mass is 239 g/mol. The zero-order valence-corrected chi connectivity index (χ0v) is 10.7. The molecule has 0 radical (unpaired) electrons. The molecule has 0 aliphatic heterocycles. The number of halogens is 1. The zero-order valence-electron chi connectivity index (χ0n) is 10.7. The van der Waals surface area contributed by atoms with Gasteiger partial charge >= 0.3 is 5.97 Å². The number of hydrogen-bond acceptors (Lipinski definition) is 3. The molecule has 0 aromatic heterocycles. The van der Waals surface area contributed by atoms with Crippen molar-refractivity contribution < 1.29 is 13.9 Å². The molecule has 0 saturated carbocycles. The number of nitrogens with zero attached hydrogens (tertiary/aromatic N) is 1. The van der Waals surface area contributed by atoms with Crippen molar-refractivity contribution in [3.8, 4) is 0 Å². The second-order valence-corrected chi connectivity index (χ2v) is 4.25. The summed E-state index contributed by atoms with van der Waals surface area (Å²) in [6.45, 7) is 1.71. The van der Waals surface area contributed by atoms with E-state index in [1.54, 1.807) is 44.1 Å². The van der Waals surface area contributed by atoms with Crippen molar-refractivity contribution in [2.75, 3.05) is 21.2 Å². The minimum atomic E-state index is -0.462. The molecule has 0 aliphatic rings. The van der Waals surface area contributed by atoms with Gasteiger partial charge in [0.15, 0.2) is 0 Å². The Labute approximate surface area is 101 Å². The molecule has 0 bridgehead atoms. The number of aryl methyl sites for hydroxylation is 1. The molecular formula is C13H18FNO2. The van der Waals surface area contributed by atoms with Gasteiger partial charge in [-0.2, -0.15) is 0 Å². The van der Waals surface area contributed by atoms with E-state index in [1.807, 2.05) is 0 Å². The summed E-state index contributed by atoms with van der Waals surface area (Å²) in [7, 11) is 4.88. The summed E-state index contributed by atoms with van der Waals surface area (Å²) in [4.78, 5) is 13.3. The molecule has 0 N–H and O–H groups in total. The number of methoxy groups -OCH3 is 1. The van der Waals surface area contributed by atoms with Crippen LogP contribution in [-0.4, -0.2) is 38.1 Å². The summed E-state index contributed by atoms with van der Waals surface area (Å²) >= 11 is 0. The van der Waals surface area contributed by atoms with E-state index in [4.69, 9.17) is 4.74 Å². The normalized spacial score (nSPS) is 12.6. The van der Waals surface area contributed by atoms with Crippen LogP contribution in [-0.2, 0) is 16.0 Å². The lowest BCUT2D eigenvalue weighted by Crippen LogP contribution is -2.38. The Morgan fingerprint density at radius 1 is 1.47 bits per heavy atom. The molecule has 1 atom stereocenters. The standard InChI is InChI=1S/C13H18FNO2/c1-9-6-5-7-10(12(9)14)8-11(15(2)3)13(16)17-4/h5-7,11H,8H2,1-4H3. The van der Waals surface area contributed by atoms with Gasteiger partial charge in [0.25, 0.3) is 0 Å². The minimum Gasteiger partial charge on any atom is -0.468 e. The quantitative estimate of drug-likeness (QED) is 0.750. The number of rotatable bonds is 4. The van der Waals surface area contributed by atoms with E-state index in [0.717, 1.165) is 0 Å². The Hall–Kier alpha value is -1.42. The van der Waals surface area contributed by atoms with Gasteiger partial charge in [-0.1, -0.05) is 18.2 Å². The molecule has 1 aromatic carbocycles. The van der Waals surface area contributed by atoms with Crippen LogP contribution >= 0.6 is 0 Å². The molecule has 94 valence electrons. The molecule has 0 saturated heterocycles. The molecule has 0 fully saturated rings. The lowest BCUT2D eigenvalue weighted by Gasteiger charge is -2.22. The Kier molecular flexibility index (Phi) is 4.63. The zero-order chi connectivity index (χ0) is 13.0. The first kappa shape index (κ1) is 13.6. The summed E-state index contributed by atoms with van der Waals surface area (Å²) in [6.07, 6.45) is 0.313. The van der Waals surface area contributed by atoms with Crippen LogP contribution in [0.4, 0.5) is 4.39 Å². The molecule has 0 spiro atoms. The molecule has 4 heteroatoms. The maximum absolute atomic E-state index is 13.8. The summed E-state index contributed by atoms with van der Waals surface area (Å²) in [5.74, 6) is -0.598. The first-order valence-corrected chi connectivity index (χ1v) is 5.45. The highest BCUT2D eigenvalue weighted by Crippen LogP contribution is 2.15. The van der Waals surface area contributed by atoms with E-state index in [9.17, 15) is 9.18 Å². The number of carbonyl (C=O) groups is 1. The fourth-order valence-corrected chi connectivity index (χ4v) is 1.69. The summed E-state index contributed by atoms with van der Waals surface area (Å²) in [5.41, 5.74) is 1.12. The van der Waals surface area contributed by atoms with Crippen molar-refractivity contribution in [3.05, 3.63) is 35.1 Å². The number of benzene rings is 1. The fourth-order valence-electron chi connectivity index (χ4n) is 1.69. The van der Waals surface area contributed by atoms with Gasteiger partial charge in [-0.05, 0) is 32.1 Å². The van der Waals surface area contributed by atoms with Crippen molar-refractivity contribution in [2.24, 2.45) is 0 Å². The van der Waals surface area contributed by atoms with E-state index in [0.29, 0.717) is 17.5 Å². The number of likely N-dealkylation sites (N-methyl/N-ethyl adjacent to an activating group) is 1. The highest BCUT2D eigenvalue weighted by Gasteiger charge is 2.23. The molecule has 1 aromatic rings. The van der Waals surface area contributed by atoms with Crippen molar-refractivity contribution in [1.82, 2.24) is 4.90 Å². The molecule has 1 unspecified atom stereocenters. The Morgan fingerprint density at radius 2 is 2.12 bits per heavy atom. The highest BCUT2D eigenvalue weighted by molar-refractivity contribution is 5.76. The molecule has 3 nitrogen and oxygen atoms in total. The molecule has 0 amide bonds. The Balaban J connectivity index is 2.94. The third kappa shape index (κ3) is 3.27. The Morgan fingerprint density at radius 3 is 2.65 bits per heavy atom. The predicted octanol–water partition coefficient (Wildman–Crippen LogP) is 1.78. The third-order valence-electron chi connectivity index (χ3n) is 2.78. The second-order valence-electron chi connectivity index (χ2n) is 4.25. The predicted molar refractivity (Wildman–Crippen MR) is 64.3 cm³/mol.